The molecule has 0 atom stereocenters. The minimum absolute atomic E-state index is 0.176. The maximum absolute atomic E-state index is 11.3. The third-order valence-corrected chi connectivity index (χ3v) is 3.63. The summed E-state index contributed by atoms with van der Waals surface area (Å²) in [6, 6.07) is 4.55. The molecule has 2 rings (SSSR count). The lowest BCUT2D eigenvalue weighted by molar-refractivity contribution is 0.610. The zero-order valence-electron chi connectivity index (χ0n) is 7.53. The van der Waals surface area contributed by atoms with Gasteiger partial charge in [0.2, 0.25) is 0 Å². The van der Waals surface area contributed by atoms with Gasteiger partial charge in [-0.25, -0.2) is 13.4 Å². The summed E-state index contributed by atoms with van der Waals surface area (Å²) in [6.45, 7) is 0. The Morgan fingerprint density at radius 1 is 1.50 bits per heavy atom. The highest BCUT2D eigenvalue weighted by Crippen LogP contribution is 2.27. The van der Waals surface area contributed by atoms with Crippen LogP contribution in [0.2, 0.25) is 0 Å². The molecule has 1 aromatic heterocycles. The van der Waals surface area contributed by atoms with Crippen LogP contribution in [-0.2, 0) is 9.05 Å². The van der Waals surface area contributed by atoms with Crippen LogP contribution in [0.3, 0.4) is 0 Å². The van der Waals surface area contributed by atoms with E-state index in [1.807, 2.05) is 6.07 Å². The van der Waals surface area contributed by atoms with Gasteiger partial charge in [-0.15, -0.1) is 0 Å². The normalized spacial score (nSPS) is 11.6. The SMILES string of the molecule is N#Cc1cc(S(=O)(=O)Cl)c2nc(Br)[nH]c2c1. The second-order valence-electron chi connectivity index (χ2n) is 2.95. The number of hydrogen-bond acceptors (Lipinski definition) is 4. The second-order valence-corrected chi connectivity index (χ2v) is 6.23. The second kappa shape index (κ2) is 3.73. The standard InChI is InChI=1S/C8H3BrClN3O2S/c9-8-12-5-1-4(3-11)2-6(7(5)13-8)16(10,14)15/h1-2H,(H,12,13). The van der Waals surface area contributed by atoms with Crippen LogP contribution in [0, 0.1) is 11.3 Å². The van der Waals surface area contributed by atoms with E-state index < -0.39 is 9.05 Å². The number of imidazole rings is 1. The Hall–Kier alpha value is -1.10. The van der Waals surface area contributed by atoms with E-state index in [9.17, 15) is 8.42 Å². The Kier molecular flexibility index (Phi) is 2.66. The number of fused-ring (bicyclic) bond motifs is 1. The first-order valence-electron chi connectivity index (χ1n) is 3.96. The third-order valence-electron chi connectivity index (χ3n) is 1.91. The van der Waals surface area contributed by atoms with Gasteiger partial charge in [0.1, 0.15) is 10.4 Å². The van der Waals surface area contributed by atoms with Crippen molar-refractivity contribution in [2.75, 3.05) is 0 Å². The van der Waals surface area contributed by atoms with Gasteiger partial charge in [-0.3, -0.25) is 0 Å². The van der Waals surface area contributed by atoms with Gasteiger partial charge in [0.05, 0.1) is 17.1 Å². The lowest BCUT2D eigenvalue weighted by atomic mass is 10.2. The summed E-state index contributed by atoms with van der Waals surface area (Å²) in [5.41, 5.74) is 0.842. The van der Waals surface area contributed by atoms with E-state index >= 15 is 0 Å². The van der Waals surface area contributed by atoms with Crippen molar-refractivity contribution in [3.05, 3.63) is 22.4 Å². The molecule has 2 aromatic rings. The van der Waals surface area contributed by atoms with Gasteiger partial charge >= 0.3 is 0 Å². The first-order valence-corrected chi connectivity index (χ1v) is 7.06. The third kappa shape index (κ3) is 1.91. The Labute approximate surface area is 104 Å². The van der Waals surface area contributed by atoms with Crippen molar-refractivity contribution in [1.29, 1.82) is 5.26 Å². The summed E-state index contributed by atoms with van der Waals surface area (Å²) >= 11 is 3.08. The van der Waals surface area contributed by atoms with Crippen molar-refractivity contribution < 1.29 is 8.42 Å². The smallest absolute Gasteiger partial charge is 0.263 e. The molecule has 1 heterocycles. The van der Waals surface area contributed by atoms with Crippen molar-refractivity contribution in [3.63, 3.8) is 0 Å². The number of aromatic nitrogens is 2. The Morgan fingerprint density at radius 2 is 2.19 bits per heavy atom. The summed E-state index contributed by atoms with van der Waals surface area (Å²) in [6.07, 6.45) is 0. The lowest BCUT2D eigenvalue weighted by Crippen LogP contribution is -1.93. The topological polar surface area (TPSA) is 86.6 Å². The molecule has 0 aliphatic heterocycles. The molecular weight excluding hydrogens is 318 g/mol. The molecule has 16 heavy (non-hydrogen) atoms. The predicted molar refractivity (Wildman–Crippen MR) is 61.5 cm³/mol. The van der Waals surface area contributed by atoms with Crippen molar-refractivity contribution in [1.82, 2.24) is 9.97 Å². The molecule has 0 aliphatic carbocycles. The van der Waals surface area contributed by atoms with Crippen LogP contribution in [0.1, 0.15) is 5.56 Å². The fourth-order valence-electron chi connectivity index (χ4n) is 1.31. The summed E-state index contributed by atoms with van der Waals surface area (Å²) in [4.78, 5) is 6.54. The van der Waals surface area contributed by atoms with Crippen LogP contribution >= 0.6 is 26.6 Å². The van der Waals surface area contributed by atoms with E-state index in [1.54, 1.807) is 0 Å². The van der Waals surface area contributed by atoms with E-state index in [1.165, 1.54) is 12.1 Å². The van der Waals surface area contributed by atoms with Gasteiger partial charge in [-0.1, -0.05) is 0 Å². The summed E-state index contributed by atoms with van der Waals surface area (Å²) in [5.74, 6) is 0. The number of benzene rings is 1. The summed E-state index contributed by atoms with van der Waals surface area (Å²) < 4.78 is 23.0. The molecule has 0 spiro atoms. The van der Waals surface area contributed by atoms with Crippen LogP contribution < -0.4 is 0 Å². The zero-order valence-corrected chi connectivity index (χ0v) is 10.7. The first kappa shape index (κ1) is 11.4. The Balaban J connectivity index is 2.96. The van der Waals surface area contributed by atoms with E-state index in [4.69, 9.17) is 15.9 Å². The maximum Gasteiger partial charge on any atom is 0.263 e. The van der Waals surface area contributed by atoms with Crippen LogP contribution in [0.5, 0.6) is 0 Å². The number of nitrogens with one attached hydrogen (secondary N) is 1. The average molecular weight is 321 g/mol. The van der Waals surface area contributed by atoms with Gasteiger partial charge in [0.15, 0.2) is 4.73 Å². The first-order chi connectivity index (χ1) is 7.41. The molecule has 1 N–H and O–H groups in total. The molecule has 0 amide bonds. The monoisotopic (exact) mass is 319 g/mol. The van der Waals surface area contributed by atoms with Crippen molar-refractivity contribution >= 4 is 46.7 Å². The van der Waals surface area contributed by atoms with Crippen LogP contribution in [0.25, 0.3) is 11.0 Å². The largest absolute Gasteiger partial charge is 0.332 e. The molecule has 0 fully saturated rings. The van der Waals surface area contributed by atoms with E-state index in [-0.39, 0.29) is 16.0 Å². The number of nitriles is 1. The highest BCUT2D eigenvalue weighted by atomic mass is 79.9. The zero-order chi connectivity index (χ0) is 11.9. The van der Waals surface area contributed by atoms with Crippen LogP contribution in [0.15, 0.2) is 21.8 Å². The summed E-state index contributed by atoms with van der Waals surface area (Å²) in [5, 5.41) is 8.76. The fraction of sp³-hybridized carbons (Fsp3) is 0. The number of halogens is 2. The number of hydrogen-bond donors (Lipinski definition) is 1. The van der Waals surface area contributed by atoms with E-state index in [2.05, 4.69) is 25.9 Å². The number of aromatic amines is 1. The molecule has 5 nitrogen and oxygen atoms in total. The quantitative estimate of drug-likeness (QED) is 0.815. The van der Waals surface area contributed by atoms with Gasteiger partial charge in [-0.05, 0) is 28.1 Å². The van der Waals surface area contributed by atoms with Crippen LogP contribution in [0.4, 0.5) is 0 Å². The molecule has 0 aliphatic rings. The number of rotatable bonds is 1. The minimum Gasteiger partial charge on any atom is -0.332 e. The molecular formula is C8H3BrClN3O2S. The highest BCUT2D eigenvalue weighted by Gasteiger charge is 2.18. The van der Waals surface area contributed by atoms with Gasteiger partial charge in [0.25, 0.3) is 9.05 Å². The molecule has 0 bridgehead atoms. The lowest BCUT2D eigenvalue weighted by Gasteiger charge is -1.98. The average Bonchev–Trinajstić information content (AvgIpc) is 2.54. The fourth-order valence-corrected chi connectivity index (χ4v) is 2.70. The van der Waals surface area contributed by atoms with E-state index in [0.29, 0.717) is 10.3 Å². The van der Waals surface area contributed by atoms with Gasteiger partial charge in [0, 0.05) is 10.7 Å². The number of H-pyrrole nitrogens is 1. The molecule has 8 heteroatoms. The van der Waals surface area contributed by atoms with Gasteiger partial charge in [-0.2, -0.15) is 5.26 Å². The highest BCUT2D eigenvalue weighted by molar-refractivity contribution is 9.10. The van der Waals surface area contributed by atoms with Crippen molar-refractivity contribution in [2.45, 2.75) is 4.90 Å². The molecule has 0 unspecified atom stereocenters. The van der Waals surface area contributed by atoms with Gasteiger partial charge < -0.3 is 4.98 Å². The van der Waals surface area contributed by atoms with E-state index in [0.717, 1.165) is 0 Å². The van der Waals surface area contributed by atoms with Crippen molar-refractivity contribution in [2.24, 2.45) is 0 Å². The number of nitrogens with zero attached hydrogens (tertiary/aromatic N) is 2. The Bertz CT molecular complexity index is 717. The molecule has 0 radical (unpaired) electrons. The predicted octanol–water partition coefficient (Wildman–Crippen LogP) is 2.12. The van der Waals surface area contributed by atoms with Crippen LogP contribution in [-0.4, -0.2) is 18.4 Å². The Morgan fingerprint density at radius 3 is 2.75 bits per heavy atom. The minimum atomic E-state index is -3.93. The molecule has 0 saturated carbocycles. The molecule has 82 valence electrons. The summed E-state index contributed by atoms with van der Waals surface area (Å²) in [7, 11) is 1.34. The maximum atomic E-state index is 11.3. The molecule has 1 aromatic carbocycles. The molecule has 0 saturated heterocycles. The van der Waals surface area contributed by atoms with Crippen molar-refractivity contribution in [3.8, 4) is 6.07 Å².